The number of nitrogens with one attached hydrogen (secondary N) is 2. The summed E-state index contributed by atoms with van der Waals surface area (Å²) in [5, 5.41) is 1.03. The largest absolute Gasteiger partial charge is 0.434 e. The number of carbonyl (C=O) groups is 1. The lowest BCUT2D eigenvalue weighted by atomic mass is 10.0. The lowest BCUT2D eigenvalue weighted by Gasteiger charge is -2.35. The van der Waals surface area contributed by atoms with Gasteiger partial charge in [-0.1, -0.05) is 11.6 Å². The van der Waals surface area contributed by atoms with E-state index >= 15 is 0 Å². The van der Waals surface area contributed by atoms with Crippen molar-refractivity contribution in [1.82, 2.24) is 30.8 Å². The van der Waals surface area contributed by atoms with Crippen LogP contribution >= 0.6 is 11.6 Å². The number of halogens is 4. The van der Waals surface area contributed by atoms with Gasteiger partial charge in [0.05, 0.1) is 34.2 Å². The second kappa shape index (κ2) is 7.16. The van der Waals surface area contributed by atoms with Gasteiger partial charge in [-0.25, -0.2) is 9.99 Å². The first-order chi connectivity index (χ1) is 13.8. The smallest absolute Gasteiger partial charge is 0.330 e. The summed E-state index contributed by atoms with van der Waals surface area (Å²) in [6, 6.07) is 0.766. The number of amides is 1. The molecule has 0 aliphatic carbocycles. The Morgan fingerprint density at radius 2 is 2.07 bits per heavy atom. The summed E-state index contributed by atoms with van der Waals surface area (Å²) in [6.07, 6.45) is 1.34. The highest BCUT2D eigenvalue weighted by Gasteiger charge is 2.40. The van der Waals surface area contributed by atoms with E-state index in [0.717, 1.165) is 17.6 Å². The highest BCUT2D eigenvalue weighted by molar-refractivity contribution is 6.34. The normalized spacial score (nSPS) is 19.3. The van der Waals surface area contributed by atoms with Gasteiger partial charge < -0.3 is 10.3 Å². The van der Waals surface area contributed by atoms with Gasteiger partial charge in [-0.3, -0.25) is 14.8 Å². The SMILES string of the molecule is C[C@@H]1C2=C(CCN1C(=O)c1ccnc(C(F)(F)F)c1Cl)N(c1cnccn1)NN2. The zero-order valence-electron chi connectivity index (χ0n) is 15.0. The van der Waals surface area contributed by atoms with Gasteiger partial charge in [-0.2, -0.15) is 13.2 Å². The minimum Gasteiger partial charge on any atom is -0.330 e. The average molecular weight is 426 g/mol. The highest BCUT2D eigenvalue weighted by atomic mass is 35.5. The maximum atomic E-state index is 13.1. The molecule has 2 N–H and O–H groups in total. The van der Waals surface area contributed by atoms with Crippen LogP contribution in [0.3, 0.4) is 0 Å². The number of anilines is 1. The Kier molecular flexibility index (Phi) is 4.79. The number of rotatable bonds is 2. The third-order valence-corrected chi connectivity index (χ3v) is 5.17. The molecule has 2 aromatic rings. The zero-order valence-corrected chi connectivity index (χ0v) is 15.8. The molecule has 0 saturated carbocycles. The molecule has 2 aromatic heterocycles. The molecule has 0 fully saturated rings. The van der Waals surface area contributed by atoms with Crippen LogP contribution in [-0.2, 0) is 6.18 Å². The summed E-state index contributed by atoms with van der Waals surface area (Å²) in [4.78, 5) is 26.0. The predicted molar refractivity (Wildman–Crippen MR) is 97.2 cm³/mol. The van der Waals surface area contributed by atoms with Gasteiger partial charge in [0.2, 0.25) is 0 Å². The van der Waals surface area contributed by atoms with Crippen LogP contribution in [0.5, 0.6) is 0 Å². The van der Waals surface area contributed by atoms with Crippen molar-refractivity contribution in [2.75, 3.05) is 11.6 Å². The molecule has 0 aromatic carbocycles. The molecule has 12 heteroatoms. The molecule has 2 aliphatic heterocycles. The molecule has 4 heterocycles. The van der Waals surface area contributed by atoms with Crippen LogP contribution in [0.1, 0.15) is 29.4 Å². The fourth-order valence-electron chi connectivity index (χ4n) is 3.39. The quantitative estimate of drug-likeness (QED) is 0.764. The van der Waals surface area contributed by atoms with Crippen LogP contribution in [0.4, 0.5) is 19.0 Å². The van der Waals surface area contributed by atoms with Gasteiger partial charge >= 0.3 is 6.18 Å². The number of hydrazine groups is 2. The van der Waals surface area contributed by atoms with Gasteiger partial charge in [0.25, 0.3) is 5.91 Å². The van der Waals surface area contributed by atoms with Gasteiger partial charge in [-0.05, 0) is 13.0 Å². The van der Waals surface area contributed by atoms with E-state index in [1.54, 1.807) is 30.5 Å². The molecule has 2 aliphatic rings. The molecule has 0 saturated heterocycles. The number of hydrogen-bond donors (Lipinski definition) is 2. The fraction of sp³-hybridized carbons (Fsp3) is 0.294. The van der Waals surface area contributed by atoms with E-state index in [0.29, 0.717) is 18.8 Å². The van der Waals surface area contributed by atoms with E-state index in [4.69, 9.17) is 11.6 Å². The van der Waals surface area contributed by atoms with Crippen LogP contribution in [-0.4, -0.2) is 38.3 Å². The Hall–Kier alpha value is -2.92. The van der Waals surface area contributed by atoms with E-state index in [-0.39, 0.29) is 5.56 Å². The van der Waals surface area contributed by atoms with Gasteiger partial charge in [-0.15, -0.1) is 5.53 Å². The van der Waals surface area contributed by atoms with Crippen molar-refractivity contribution < 1.29 is 18.0 Å². The monoisotopic (exact) mass is 425 g/mol. The minimum absolute atomic E-state index is 0.235. The van der Waals surface area contributed by atoms with E-state index in [9.17, 15) is 18.0 Å². The fourth-order valence-corrected chi connectivity index (χ4v) is 3.68. The van der Waals surface area contributed by atoms with Crippen LogP contribution in [0, 0.1) is 0 Å². The van der Waals surface area contributed by atoms with E-state index in [2.05, 4.69) is 25.9 Å². The topological polar surface area (TPSA) is 86.3 Å². The predicted octanol–water partition coefficient (Wildman–Crippen LogP) is 2.52. The first kappa shape index (κ1) is 19.4. The summed E-state index contributed by atoms with van der Waals surface area (Å²) in [5.41, 5.74) is 6.07. The Bertz CT molecular complexity index is 983. The average Bonchev–Trinajstić information content (AvgIpc) is 3.13. The molecule has 0 bridgehead atoms. The van der Waals surface area contributed by atoms with Crippen molar-refractivity contribution in [2.24, 2.45) is 0 Å². The van der Waals surface area contributed by atoms with E-state index in [1.807, 2.05) is 0 Å². The van der Waals surface area contributed by atoms with Crippen molar-refractivity contribution in [1.29, 1.82) is 0 Å². The molecule has 1 atom stereocenters. The molecule has 1 amide bonds. The third-order valence-electron chi connectivity index (χ3n) is 4.79. The zero-order chi connectivity index (χ0) is 20.8. The first-order valence-corrected chi connectivity index (χ1v) is 9.00. The number of aromatic nitrogens is 3. The number of hydrogen-bond acceptors (Lipinski definition) is 7. The van der Waals surface area contributed by atoms with Crippen LogP contribution in [0.15, 0.2) is 42.2 Å². The van der Waals surface area contributed by atoms with Crippen molar-refractivity contribution in [3.05, 3.63) is 58.5 Å². The van der Waals surface area contributed by atoms with Gasteiger partial charge in [0.1, 0.15) is 0 Å². The minimum atomic E-state index is -4.75. The molecule has 152 valence electrons. The molecule has 29 heavy (non-hydrogen) atoms. The molecule has 4 rings (SSSR count). The lowest BCUT2D eigenvalue weighted by Crippen LogP contribution is -2.46. The highest BCUT2D eigenvalue weighted by Crippen LogP contribution is 2.36. The van der Waals surface area contributed by atoms with Crippen molar-refractivity contribution in [3.63, 3.8) is 0 Å². The summed E-state index contributed by atoms with van der Waals surface area (Å²) >= 11 is 5.88. The standard InChI is InChI=1S/C17H15ClF3N7O/c1-9-14-11(28(26-25-14)12-8-22-5-6-23-12)3-7-27(9)16(29)10-2-4-24-15(13(10)18)17(19,20)21/h2,4-6,8-9,25-26H,3,7H2,1H3/t9-/m1/s1. The Morgan fingerprint density at radius 3 is 2.76 bits per heavy atom. The van der Waals surface area contributed by atoms with E-state index in [1.165, 1.54) is 11.0 Å². The number of carbonyl (C=O) groups excluding carboxylic acids is 1. The Labute approximate surface area is 168 Å². The van der Waals surface area contributed by atoms with Gasteiger partial charge in [0.15, 0.2) is 11.5 Å². The number of alkyl halides is 3. The first-order valence-electron chi connectivity index (χ1n) is 8.62. The second-order valence-electron chi connectivity index (χ2n) is 6.44. The Balaban J connectivity index is 1.62. The van der Waals surface area contributed by atoms with Crippen LogP contribution in [0.2, 0.25) is 5.02 Å². The lowest BCUT2D eigenvalue weighted by molar-refractivity contribution is -0.141. The Morgan fingerprint density at radius 1 is 1.28 bits per heavy atom. The summed E-state index contributed by atoms with van der Waals surface area (Å²) < 4.78 is 39.2. The molecule has 0 spiro atoms. The van der Waals surface area contributed by atoms with Crippen LogP contribution in [0.25, 0.3) is 0 Å². The second-order valence-corrected chi connectivity index (χ2v) is 6.82. The summed E-state index contributed by atoms with van der Waals surface area (Å²) in [5.74, 6) is -0.0225. The van der Waals surface area contributed by atoms with Crippen molar-refractivity contribution in [3.8, 4) is 0 Å². The maximum Gasteiger partial charge on any atom is 0.434 e. The molecule has 0 unspecified atom stereocenters. The van der Waals surface area contributed by atoms with Crippen molar-refractivity contribution in [2.45, 2.75) is 25.6 Å². The number of pyridine rings is 1. The number of nitrogens with zero attached hydrogens (tertiary/aromatic N) is 5. The third kappa shape index (κ3) is 3.36. The van der Waals surface area contributed by atoms with Crippen LogP contribution < -0.4 is 16.0 Å². The van der Waals surface area contributed by atoms with Gasteiger partial charge in [0, 0.05) is 31.6 Å². The summed E-state index contributed by atoms with van der Waals surface area (Å²) in [6.45, 7) is 2.07. The molecular weight excluding hydrogens is 411 g/mol. The molecule has 8 nitrogen and oxygen atoms in total. The van der Waals surface area contributed by atoms with E-state index < -0.39 is 28.8 Å². The molecular formula is C17H15ClF3N7O. The molecule has 0 radical (unpaired) electrons. The summed E-state index contributed by atoms with van der Waals surface area (Å²) in [7, 11) is 0. The van der Waals surface area contributed by atoms with Crippen molar-refractivity contribution >= 4 is 23.3 Å². The maximum absolute atomic E-state index is 13.1.